The van der Waals surface area contributed by atoms with Crippen LogP contribution in [0, 0.1) is 0 Å². The van der Waals surface area contributed by atoms with Crippen molar-refractivity contribution >= 4 is 58.2 Å². The van der Waals surface area contributed by atoms with Crippen LogP contribution in [0.2, 0.25) is 20.1 Å². The lowest BCUT2D eigenvalue weighted by atomic mass is 10.1. The van der Waals surface area contributed by atoms with E-state index < -0.39 is 6.04 Å². The summed E-state index contributed by atoms with van der Waals surface area (Å²) in [5, 5.41) is 4.55. The Morgan fingerprint density at radius 1 is 0.964 bits per heavy atom. The van der Waals surface area contributed by atoms with E-state index in [0.29, 0.717) is 37.8 Å². The highest BCUT2D eigenvalue weighted by molar-refractivity contribution is 6.35. The molecule has 0 saturated heterocycles. The van der Waals surface area contributed by atoms with Crippen molar-refractivity contribution in [1.29, 1.82) is 0 Å². The van der Waals surface area contributed by atoms with Gasteiger partial charge in [-0.25, -0.2) is 0 Å². The quantitative estimate of drug-likeness (QED) is 0.600. The number of nitrogens with zero attached hydrogens (tertiary/aromatic N) is 1. The van der Waals surface area contributed by atoms with Crippen molar-refractivity contribution < 1.29 is 9.59 Å². The minimum absolute atomic E-state index is 0.0327. The molecule has 0 spiro atoms. The molecule has 150 valence electrons. The minimum Gasteiger partial charge on any atom is -0.355 e. The summed E-state index contributed by atoms with van der Waals surface area (Å²) in [6, 6.07) is 9.30. The number of hydrogen-bond donors (Lipinski definition) is 1. The molecule has 0 saturated carbocycles. The van der Waals surface area contributed by atoms with Crippen LogP contribution in [0.4, 0.5) is 0 Å². The number of carbonyl (C=O) groups excluding carboxylic acids is 2. The molecular formula is C20H20Cl4N2O2. The first-order valence-electron chi connectivity index (χ1n) is 8.68. The summed E-state index contributed by atoms with van der Waals surface area (Å²) in [4.78, 5) is 26.9. The number of benzene rings is 2. The molecule has 28 heavy (non-hydrogen) atoms. The Labute approximate surface area is 184 Å². The Balaban J connectivity index is 2.30. The zero-order chi connectivity index (χ0) is 20.8. The van der Waals surface area contributed by atoms with Gasteiger partial charge in [-0.15, -0.1) is 0 Å². The van der Waals surface area contributed by atoms with E-state index in [1.807, 2.05) is 6.92 Å². The highest BCUT2D eigenvalue weighted by atomic mass is 35.5. The van der Waals surface area contributed by atoms with Crippen LogP contribution in [-0.4, -0.2) is 29.3 Å². The first kappa shape index (κ1) is 22.8. The van der Waals surface area contributed by atoms with Gasteiger partial charge in [-0.2, -0.15) is 0 Å². The van der Waals surface area contributed by atoms with Crippen LogP contribution in [0.1, 0.15) is 25.0 Å². The molecule has 0 aliphatic carbocycles. The molecule has 2 rings (SSSR count). The molecule has 0 heterocycles. The van der Waals surface area contributed by atoms with Gasteiger partial charge in [-0.05, 0) is 49.2 Å². The third-order valence-electron chi connectivity index (χ3n) is 4.23. The Kier molecular flexibility index (Phi) is 8.44. The van der Waals surface area contributed by atoms with Gasteiger partial charge in [0.1, 0.15) is 6.04 Å². The van der Waals surface area contributed by atoms with E-state index in [9.17, 15) is 9.59 Å². The van der Waals surface area contributed by atoms with E-state index in [0.717, 1.165) is 0 Å². The summed E-state index contributed by atoms with van der Waals surface area (Å²) >= 11 is 24.3. The molecule has 0 bridgehead atoms. The van der Waals surface area contributed by atoms with Crippen LogP contribution in [0.15, 0.2) is 36.4 Å². The summed E-state index contributed by atoms with van der Waals surface area (Å²) in [5.41, 5.74) is 1.32. The van der Waals surface area contributed by atoms with Crippen LogP contribution < -0.4 is 5.32 Å². The van der Waals surface area contributed by atoms with Crippen LogP contribution in [0.25, 0.3) is 0 Å². The van der Waals surface area contributed by atoms with Crippen molar-refractivity contribution in [2.24, 2.45) is 0 Å². The largest absolute Gasteiger partial charge is 0.355 e. The normalized spacial score (nSPS) is 11.8. The zero-order valence-electron chi connectivity index (χ0n) is 15.4. The van der Waals surface area contributed by atoms with Crippen molar-refractivity contribution in [2.45, 2.75) is 32.9 Å². The lowest BCUT2D eigenvalue weighted by Gasteiger charge is -2.29. The van der Waals surface area contributed by atoms with Crippen LogP contribution in [0.5, 0.6) is 0 Å². The fraction of sp³-hybridized carbons (Fsp3) is 0.300. The molecule has 2 aromatic carbocycles. The van der Waals surface area contributed by atoms with Crippen molar-refractivity contribution in [3.05, 3.63) is 67.6 Å². The van der Waals surface area contributed by atoms with E-state index in [4.69, 9.17) is 46.4 Å². The number of carbonyl (C=O) groups is 2. The average Bonchev–Trinajstić information content (AvgIpc) is 2.63. The molecule has 2 amide bonds. The summed E-state index contributed by atoms with van der Waals surface area (Å²) < 4.78 is 0. The SMILES string of the molecule is CCNC(=O)C(C)N(Cc1ccc(Cl)cc1Cl)C(=O)Cc1ccc(Cl)cc1Cl. The lowest BCUT2D eigenvalue weighted by Crippen LogP contribution is -2.48. The monoisotopic (exact) mass is 460 g/mol. The highest BCUT2D eigenvalue weighted by Crippen LogP contribution is 2.25. The molecule has 0 aliphatic rings. The first-order chi connectivity index (χ1) is 13.2. The molecule has 0 fully saturated rings. The molecule has 2 aromatic rings. The third kappa shape index (κ3) is 6.02. The smallest absolute Gasteiger partial charge is 0.242 e. The van der Waals surface area contributed by atoms with Crippen molar-refractivity contribution in [2.75, 3.05) is 6.54 Å². The summed E-state index contributed by atoms with van der Waals surface area (Å²) in [7, 11) is 0. The maximum absolute atomic E-state index is 13.1. The number of amides is 2. The third-order valence-corrected chi connectivity index (χ3v) is 5.40. The van der Waals surface area contributed by atoms with E-state index in [-0.39, 0.29) is 24.8 Å². The summed E-state index contributed by atoms with van der Waals surface area (Å²) in [6.45, 7) is 4.13. The number of hydrogen-bond acceptors (Lipinski definition) is 2. The van der Waals surface area contributed by atoms with Crippen LogP contribution in [0.3, 0.4) is 0 Å². The second-order valence-electron chi connectivity index (χ2n) is 6.24. The first-order valence-corrected chi connectivity index (χ1v) is 10.2. The van der Waals surface area contributed by atoms with Gasteiger partial charge in [0.15, 0.2) is 0 Å². The molecule has 0 radical (unpaired) electrons. The van der Waals surface area contributed by atoms with Gasteiger partial charge in [0.2, 0.25) is 11.8 Å². The molecule has 1 unspecified atom stereocenters. The van der Waals surface area contributed by atoms with Crippen molar-refractivity contribution in [1.82, 2.24) is 10.2 Å². The van der Waals surface area contributed by atoms with Crippen molar-refractivity contribution in [3.63, 3.8) is 0 Å². The van der Waals surface area contributed by atoms with Gasteiger partial charge >= 0.3 is 0 Å². The van der Waals surface area contributed by atoms with Crippen molar-refractivity contribution in [3.8, 4) is 0 Å². The fourth-order valence-corrected chi connectivity index (χ4v) is 3.61. The summed E-state index contributed by atoms with van der Waals surface area (Å²) in [5.74, 6) is -0.503. The molecule has 1 N–H and O–H groups in total. The van der Waals surface area contributed by atoms with E-state index in [1.54, 1.807) is 43.3 Å². The lowest BCUT2D eigenvalue weighted by molar-refractivity contribution is -0.140. The van der Waals surface area contributed by atoms with E-state index >= 15 is 0 Å². The maximum Gasteiger partial charge on any atom is 0.242 e. The fourth-order valence-electron chi connectivity index (χ4n) is 2.67. The zero-order valence-corrected chi connectivity index (χ0v) is 18.5. The van der Waals surface area contributed by atoms with Gasteiger partial charge in [-0.3, -0.25) is 9.59 Å². The second-order valence-corrected chi connectivity index (χ2v) is 7.93. The summed E-state index contributed by atoms with van der Waals surface area (Å²) in [6.07, 6.45) is 0.0327. The second kappa shape index (κ2) is 10.4. The predicted octanol–water partition coefficient (Wildman–Crippen LogP) is 5.40. The molecular weight excluding hydrogens is 442 g/mol. The van der Waals surface area contributed by atoms with Crippen LogP contribution in [-0.2, 0) is 22.6 Å². The number of rotatable bonds is 7. The Morgan fingerprint density at radius 2 is 1.50 bits per heavy atom. The van der Waals surface area contributed by atoms with E-state index in [2.05, 4.69) is 5.32 Å². The molecule has 4 nitrogen and oxygen atoms in total. The topological polar surface area (TPSA) is 49.4 Å². The Hall–Kier alpha value is -1.46. The van der Waals surface area contributed by atoms with Gasteiger partial charge in [0.05, 0.1) is 6.42 Å². The Morgan fingerprint density at radius 3 is 2.00 bits per heavy atom. The standard InChI is InChI=1S/C20H20Cl4N2O2/c1-3-25-20(28)12(2)26(11-14-5-7-16(22)10-18(14)24)19(27)8-13-4-6-15(21)9-17(13)23/h4-7,9-10,12H,3,8,11H2,1-2H3,(H,25,28). The molecule has 0 aliphatic heterocycles. The number of likely N-dealkylation sites (N-methyl/N-ethyl adjacent to an activating group) is 1. The Bertz CT molecular complexity index is 873. The van der Waals surface area contributed by atoms with Gasteiger partial charge in [0, 0.05) is 33.2 Å². The highest BCUT2D eigenvalue weighted by Gasteiger charge is 2.27. The maximum atomic E-state index is 13.1. The van der Waals surface area contributed by atoms with E-state index in [1.165, 1.54) is 4.90 Å². The molecule has 8 heteroatoms. The minimum atomic E-state index is -0.690. The van der Waals surface area contributed by atoms with Gasteiger partial charge in [-0.1, -0.05) is 58.5 Å². The van der Waals surface area contributed by atoms with Gasteiger partial charge < -0.3 is 10.2 Å². The average molecular weight is 462 g/mol. The predicted molar refractivity (Wildman–Crippen MR) is 115 cm³/mol. The number of halogens is 4. The van der Waals surface area contributed by atoms with Crippen LogP contribution >= 0.6 is 46.4 Å². The molecule has 0 aromatic heterocycles. The molecule has 1 atom stereocenters. The van der Waals surface area contributed by atoms with Gasteiger partial charge in [0.25, 0.3) is 0 Å². The number of nitrogens with one attached hydrogen (secondary N) is 1.